The van der Waals surface area contributed by atoms with Crippen LogP contribution in [0.1, 0.15) is 30.1 Å². The Balaban J connectivity index is 2.04. The number of benzene rings is 1. The minimum atomic E-state index is -0.262. The molecule has 1 aromatic rings. The summed E-state index contributed by atoms with van der Waals surface area (Å²) in [6, 6.07) is 8.65. The Bertz CT molecular complexity index is 350. The summed E-state index contributed by atoms with van der Waals surface area (Å²) < 4.78 is 0. The Morgan fingerprint density at radius 1 is 1.29 bits per heavy atom. The summed E-state index contributed by atoms with van der Waals surface area (Å²) in [7, 11) is 0. The van der Waals surface area contributed by atoms with E-state index in [4.69, 9.17) is 0 Å². The van der Waals surface area contributed by atoms with Gasteiger partial charge >= 0.3 is 0 Å². The fraction of sp³-hybridized carbons (Fsp3) is 0.500. The van der Waals surface area contributed by atoms with Crippen LogP contribution in [0.4, 0.5) is 0 Å². The lowest BCUT2D eigenvalue weighted by Crippen LogP contribution is -2.38. The van der Waals surface area contributed by atoms with Crippen molar-refractivity contribution in [3.05, 3.63) is 35.4 Å². The maximum absolute atomic E-state index is 10.2. The molecule has 0 amide bonds. The molecule has 2 aliphatic heterocycles. The van der Waals surface area contributed by atoms with E-state index in [0.29, 0.717) is 6.04 Å². The van der Waals surface area contributed by atoms with E-state index >= 15 is 0 Å². The summed E-state index contributed by atoms with van der Waals surface area (Å²) in [6.07, 6.45) is 2.12. The largest absolute Gasteiger partial charge is 0.387 e. The van der Waals surface area contributed by atoms with Crippen LogP contribution in [0.25, 0.3) is 0 Å². The fourth-order valence-electron chi connectivity index (χ4n) is 2.80. The zero-order chi connectivity index (χ0) is 9.54. The molecule has 1 aromatic carbocycles. The molecule has 1 fully saturated rings. The third kappa shape index (κ3) is 1.11. The van der Waals surface area contributed by atoms with Crippen LogP contribution in [-0.4, -0.2) is 22.6 Å². The minimum absolute atomic E-state index is 0.262. The molecule has 0 aliphatic carbocycles. The lowest BCUT2D eigenvalue weighted by atomic mass is 9.92. The van der Waals surface area contributed by atoms with Gasteiger partial charge in [-0.3, -0.25) is 4.90 Å². The topological polar surface area (TPSA) is 23.5 Å². The standard InChI is InChI=1S/C12H15NO/c14-12-10-5-2-1-4-9(10)8-13-7-3-6-11(12)13/h1-2,4-5,11-12,14H,3,6-8H2. The molecule has 0 radical (unpaired) electrons. The maximum atomic E-state index is 10.2. The first kappa shape index (κ1) is 8.45. The summed E-state index contributed by atoms with van der Waals surface area (Å²) in [5.41, 5.74) is 2.45. The van der Waals surface area contributed by atoms with Gasteiger partial charge in [-0.05, 0) is 30.5 Å². The zero-order valence-electron chi connectivity index (χ0n) is 8.19. The van der Waals surface area contributed by atoms with Crippen molar-refractivity contribution < 1.29 is 5.11 Å². The quantitative estimate of drug-likeness (QED) is 0.671. The molecule has 1 N–H and O–H groups in total. The van der Waals surface area contributed by atoms with Crippen LogP contribution in [0, 0.1) is 0 Å². The average Bonchev–Trinajstić information content (AvgIpc) is 2.66. The zero-order valence-corrected chi connectivity index (χ0v) is 8.19. The van der Waals surface area contributed by atoms with E-state index < -0.39 is 0 Å². The summed E-state index contributed by atoms with van der Waals surface area (Å²) in [5.74, 6) is 0. The third-order valence-corrected chi connectivity index (χ3v) is 3.53. The van der Waals surface area contributed by atoms with E-state index in [0.717, 1.165) is 25.1 Å². The molecule has 14 heavy (non-hydrogen) atoms. The lowest BCUT2D eigenvalue weighted by Gasteiger charge is -2.35. The second kappa shape index (κ2) is 3.07. The Morgan fingerprint density at radius 2 is 2.14 bits per heavy atom. The summed E-state index contributed by atoms with van der Waals surface area (Å²) >= 11 is 0. The van der Waals surface area contributed by atoms with Crippen LogP contribution in [0.3, 0.4) is 0 Å². The van der Waals surface area contributed by atoms with E-state index in [9.17, 15) is 5.11 Å². The van der Waals surface area contributed by atoms with E-state index in [1.54, 1.807) is 0 Å². The molecule has 3 rings (SSSR count). The van der Waals surface area contributed by atoms with Gasteiger partial charge in [0.2, 0.25) is 0 Å². The van der Waals surface area contributed by atoms with Crippen molar-refractivity contribution in [2.75, 3.05) is 6.54 Å². The SMILES string of the molecule is OC1c2ccccc2CN2CCCC12. The van der Waals surface area contributed by atoms with E-state index in [-0.39, 0.29) is 6.10 Å². The normalized spacial score (nSPS) is 31.2. The van der Waals surface area contributed by atoms with Crippen LogP contribution in [0.15, 0.2) is 24.3 Å². The summed E-state index contributed by atoms with van der Waals surface area (Å²) in [4.78, 5) is 2.41. The van der Waals surface area contributed by atoms with Crippen LogP contribution in [0.5, 0.6) is 0 Å². The molecule has 74 valence electrons. The van der Waals surface area contributed by atoms with Crippen molar-refractivity contribution in [2.45, 2.75) is 31.5 Å². The van der Waals surface area contributed by atoms with Gasteiger partial charge in [0, 0.05) is 12.6 Å². The Labute approximate surface area is 84.2 Å². The van der Waals surface area contributed by atoms with Crippen LogP contribution in [0.2, 0.25) is 0 Å². The molecule has 0 spiro atoms. The van der Waals surface area contributed by atoms with Crippen molar-refractivity contribution in [3.8, 4) is 0 Å². The number of aliphatic hydroxyl groups is 1. The van der Waals surface area contributed by atoms with Crippen molar-refractivity contribution in [1.29, 1.82) is 0 Å². The third-order valence-electron chi connectivity index (χ3n) is 3.53. The Hall–Kier alpha value is -0.860. The van der Waals surface area contributed by atoms with Gasteiger partial charge in [-0.2, -0.15) is 0 Å². The smallest absolute Gasteiger partial charge is 0.0948 e. The fourth-order valence-corrected chi connectivity index (χ4v) is 2.80. The molecule has 2 aliphatic rings. The van der Waals surface area contributed by atoms with Crippen LogP contribution in [-0.2, 0) is 6.54 Å². The molecule has 0 bridgehead atoms. The monoisotopic (exact) mass is 189 g/mol. The highest BCUT2D eigenvalue weighted by atomic mass is 16.3. The number of hydrogen-bond donors (Lipinski definition) is 1. The van der Waals surface area contributed by atoms with Crippen LogP contribution >= 0.6 is 0 Å². The number of hydrogen-bond acceptors (Lipinski definition) is 2. The van der Waals surface area contributed by atoms with Gasteiger partial charge in [0.25, 0.3) is 0 Å². The number of aliphatic hydroxyl groups excluding tert-OH is 1. The Kier molecular flexibility index (Phi) is 1.85. The number of fused-ring (bicyclic) bond motifs is 2. The molecular weight excluding hydrogens is 174 g/mol. The van der Waals surface area contributed by atoms with Gasteiger partial charge in [0.1, 0.15) is 0 Å². The predicted molar refractivity (Wildman–Crippen MR) is 54.8 cm³/mol. The van der Waals surface area contributed by atoms with Gasteiger partial charge in [0.05, 0.1) is 6.10 Å². The van der Waals surface area contributed by atoms with Crippen molar-refractivity contribution >= 4 is 0 Å². The highest BCUT2D eigenvalue weighted by molar-refractivity contribution is 5.32. The molecule has 2 atom stereocenters. The molecule has 2 nitrogen and oxygen atoms in total. The van der Waals surface area contributed by atoms with Crippen molar-refractivity contribution in [2.24, 2.45) is 0 Å². The van der Waals surface area contributed by atoms with Crippen LogP contribution < -0.4 is 0 Å². The Morgan fingerprint density at radius 3 is 3.07 bits per heavy atom. The van der Waals surface area contributed by atoms with Gasteiger partial charge in [-0.1, -0.05) is 24.3 Å². The van der Waals surface area contributed by atoms with Crippen molar-refractivity contribution in [1.82, 2.24) is 4.90 Å². The van der Waals surface area contributed by atoms with Gasteiger partial charge < -0.3 is 5.11 Å². The van der Waals surface area contributed by atoms with Gasteiger partial charge in [-0.25, -0.2) is 0 Å². The first-order valence-corrected chi connectivity index (χ1v) is 5.36. The number of nitrogens with zero attached hydrogens (tertiary/aromatic N) is 1. The van der Waals surface area contributed by atoms with E-state index in [1.165, 1.54) is 12.0 Å². The summed E-state index contributed by atoms with van der Waals surface area (Å²) in [5, 5.41) is 10.2. The summed E-state index contributed by atoms with van der Waals surface area (Å²) in [6.45, 7) is 2.17. The minimum Gasteiger partial charge on any atom is -0.387 e. The van der Waals surface area contributed by atoms with Gasteiger partial charge in [0.15, 0.2) is 0 Å². The molecule has 2 heteroatoms. The molecule has 0 aromatic heterocycles. The first-order valence-electron chi connectivity index (χ1n) is 5.36. The lowest BCUT2D eigenvalue weighted by molar-refractivity contribution is 0.0534. The highest BCUT2D eigenvalue weighted by Crippen LogP contribution is 2.36. The average molecular weight is 189 g/mol. The van der Waals surface area contributed by atoms with E-state index in [2.05, 4.69) is 23.1 Å². The second-order valence-corrected chi connectivity index (χ2v) is 4.32. The molecule has 2 heterocycles. The highest BCUT2D eigenvalue weighted by Gasteiger charge is 2.36. The molecule has 1 saturated heterocycles. The second-order valence-electron chi connectivity index (χ2n) is 4.32. The molecule has 2 unspecified atom stereocenters. The molecular formula is C12H15NO. The van der Waals surface area contributed by atoms with E-state index in [1.807, 2.05) is 6.07 Å². The first-order chi connectivity index (χ1) is 6.86. The molecule has 0 saturated carbocycles. The maximum Gasteiger partial charge on any atom is 0.0948 e. The van der Waals surface area contributed by atoms with Crippen molar-refractivity contribution in [3.63, 3.8) is 0 Å². The number of rotatable bonds is 0. The predicted octanol–water partition coefficient (Wildman–Crippen LogP) is 1.70. The van der Waals surface area contributed by atoms with Gasteiger partial charge in [-0.15, -0.1) is 0 Å².